The third-order valence-electron chi connectivity index (χ3n) is 3.25. The number of nitrogens with zero attached hydrogens (tertiary/aromatic N) is 1. The number of halogens is 1. The number of methoxy groups -OCH3 is 1. The molecule has 6 heteroatoms. The van der Waals surface area contributed by atoms with E-state index >= 15 is 0 Å². The predicted octanol–water partition coefficient (Wildman–Crippen LogP) is 2.18. The van der Waals surface area contributed by atoms with Crippen molar-refractivity contribution in [2.75, 3.05) is 32.2 Å². The molecule has 1 atom stereocenters. The van der Waals surface area contributed by atoms with E-state index < -0.39 is 0 Å². The van der Waals surface area contributed by atoms with E-state index in [1.54, 1.807) is 13.2 Å². The summed E-state index contributed by atoms with van der Waals surface area (Å²) in [4.78, 5) is 4.29. The number of nitrogens with one attached hydrogen (secondary N) is 1. The smallest absolute Gasteiger partial charge is 0.296 e. The fourth-order valence-electron chi connectivity index (χ4n) is 2.31. The molecule has 2 aromatic rings. The Morgan fingerprint density at radius 3 is 3.16 bits per heavy atom. The monoisotopic (exact) mass is 266 g/mol. The van der Waals surface area contributed by atoms with E-state index in [0.29, 0.717) is 36.9 Å². The standard InChI is InChI=1S/C13H15FN2O3/c1-17-7-13(4-5-18-8-13)16-12-15-10-3-2-9(14)6-11(10)19-12/h2-3,6H,4-5,7-8H2,1H3,(H,15,16). The lowest BCUT2D eigenvalue weighted by Crippen LogP contribution is -2.43. The molecule has 1 aliphatic rings. The summed E-state index contributed by atoms with van der Waals surface area (Å²) in [6.07, 6.45) is 0.813. The minimum Gasteiger partial charge on any atom is -0.423 e. The third-order valence-corrected chi connectivity index (χ3v) is 3.25. The van der Waals surface area contributed by atoms with E-state index in [-0.39, 0.29) is 11.4 Å². The Morgan fingerprint density at radius 2 is 2.42 bits per heavy atom. The highest BCUT2D eigenvalue weighted by atomic mass is 19.1. The van der Waals surface area contributed by atoms with Gasteiger partial charge in [-0.15, -0.1) is 0 Å². The van der Waals surface area contributed by atoms with Crippen molar-refractivity contribution in [3.63, 3.8) is 0 Å². The molecule has 1 fully saturated rings. The average molecular weight is 266 g/mol. The normalized spacial score (nSPS) is 23.1. The molecule has 0 spiro atoms. The third kappa shape index (κ3) is 2.41. The van der Waals surface area contributed by atoms with E-state index in [9.17, 15) is 4.39 Å². The Morgan fingerprint density at radius 1 is 1.53 bits per heavy atom. The van der Waals surface area contributed by atoms with Crippen LogP contribution in [0, 0.1) is 5.82 Å². The van der Waals surface area contributed by atoms with Crippen LogP contribution >= 0.6 is 0 Å². The molecule has 1 aliphatic heterocycles. The van der Waals surface area contributed by atoms with Gasteiger partial charge in [-0.25, -0.2) is 4.39 Å². The van der Waals surface area contributed by atoms with Crippen molar-refractivity contribution in [3.05, 3.63) is 24.0 Å². The zero-order valence-corrected chi connectivity index (χ0v) is 10.6. The second kappa shape index (κ2) is 4.79. The fourth-order valence-corrected chi connectivity index (χ4v) is 2.31. The first-order chi connectivity index (χ1) is 9.21. The topological polar surface area (TPSA) is 56.5 Å². The molecule has 1 N–H and O–H groups in total. The van der Waals surface area contributed by atoms with Gasteiger partial charge in [-0.2, -0.15) is 4.98 Å². The van der Waals surface area contributed by atoms with Gasteiger partial charge in [0.2, 0.25) is 0 Å². The molecular weight excluding hydrogens is 251 g/mol. The number of ether oxygens (including phenoxy) is 2. The summed E-state index contributed by atoms with van der Waals surface area (Å²) < 4.78 is 29.2. The molecule has 0 bridgehead atoms. The van der Waals surface area contributed by atoms with E-state index in [4.69, 9.17) is 13.9 Å². The summed E-state index contributed by atoms with van der Waals surface area (Å²) in [7, 11) is 1.64. The van der Waals surface area contributed by atoms with Crippen LogP contribution in [0.25, 0.3) is 11.1 Å². The molecule has 0 saturated carbocycles. The second-order valence-electron chi connectivity index (χ2n) is 4.77. The maximum absolute atomic E-state index is 13.1. The first-order valence-corrected chi connectivity index (χ1v) is 6.12. The van der Waals surface area contributed by atoms with Crippen molar-refractivity contribution in [1.82, 2.24) is 4.98 Å². The van der Waals surface area contributed by atoms with Crippen molar-refractivity contribution < 1.29 is 18.3 Å². The Kier molecular flexibility index (Phi) is 3.12. The lowest BCUT2D eigenvalue weighted by atomic mass is 10.0. The number of oxazole rings is 1. The second-order valence-corrected chi connectivity index (χ2v) is 4.77. The van der Waals surface area contributed by atoms with Crippen molar-refractivity contribution in [3.8, 4) is 0 Å². The molecule has 5 nitrogen and oxygen atoms in total. The van der Waals surface area contributed by atoms with Crippen molar-refractivity contribution in [2.45, 2.75) is 12.0 Å². The van der Waals surface area contributed by atoms with Gasteiger partial charge in [0.1, 0.15) is 11.3 Å². The number of anilines is 1. The molecule has 19 heavy (non-hydrogen) atoms. The fraction of sp³-hybridized carbons (Fsp3) is 0.462. The van der Waals surface area contributed by atoms with Crippen molar-refractivity contribution in [2.24, 2.45) is 0 Å². The maximum atomic E-state index is 13.1. The van der Waals surface area contributed by atoms with E-state index in [1.807, 2.05) is 0 Å². The molecule has 0 amide bonds. The van der Waals surface area contributed by atoms with Crippen LogP contribution in [0.3, 0.4) is 0 Å². The van der Waals surface area contributed by atoms with E-state index in [2.05, 4.69) is 10.3 Å². The zero-order valence-electron chi connectivity index (χ0n) is 10.6. The molecule has 1 saturated heterocycles. The minimum atomic E-state index is -0.342. The summed E-state index contributed by atoms with van der Waals surface area (Å²) in [6.45, 7) is 1.71. The van der Waals surface area contributed by atoms with Gasteiger partial charge < -0.3 is 19.2 Å². The quantitative estimate of drug-likeness (QED) is 0.919. The van der Waals surface area contributed by atoms with Gasteiger partial charge in [0, 0.05) is 19.8 Å². The molecule has 102 valence electrons. The number of hydrogen-bond donors (Lipinski definition) is 1. The SMILES string of the molecule is COCC1(Nc2nc3ccc(F)cc3o2)CCOC1. The van der Waals surface area contributed by atoms with Gasteiger partial charge in [0.15, 0.2) is 5.58 Å². The van der Waals surface area contributed by atoms with Crippen LogP contribution in [0.1, 0.15) is 6.42 Å². The molecule has 0 radical (unpaired) electrons. The van der Waals surface area contributed by atoms with E-state index in [0.717, 1.165) is 6.42 Å². The van der Waals surface area contributed by atoms with Gasteiger partial charge in [-0.1, -0.05) is 0 Å². The lowest BCUT2D eigenvalue weighted by molar-refractivity contribution is 0.119. The van der Waals surface area contributed by atoms with Gasteiger partial charge in [0.05, 0.1) is 18.8 Å². The first kappa shape index (κ1) is 12.4. The summed E-state index contributed by atoms with van der Waals surface area (Å²) in [6, 6.07) is 4.64. The average Bonchev–Trinajstić information content (AvgIpc) is 2.96. The minimum absolute atomic E-state index is 0.325. The number of fused-ring (bicyclic) bond motifs is 1. The van der Waals surface area contributed by atoms with Crippen molar-refractivity contribution >= 4 is 17.1 Å². The highest BCUT2D eigenvalue weighted by molar-refractivity contribution is 5.74. The molecule has 1 aromatic carbocycles. The molecule has 3 rings (SSSR count). The summed E-state index contributed by atoms with van der Waals surface area (Å²) in [5.74, 6) is -0.342. The molecule has 1 aromatic heterocycles. The molecular formula is C13H15FN2O3. The summed E-state index contributed by atoms with van der Waals surface area (Å²) in [5.41, 5.74) is 0.720. The number of hydrogen-bond acceptors (Lipinski definition) is 5. The Balaban J connectivity index is 1.87. The molecule has 2 heterocycles. The number of rotatable bonds is 4. The number of aromatic nitrogens is 1. The van der Waals surface area contributed by atoms with Crippen LogP contribution in [-0.2, 0) is 9.47 Å². The molecule has 0 aliphatic carbocycles. The maximum Gasteiger partial charge on any atom is 0.296 e. The van der Waals surface area contributed by atoms with E-state index in [1.165, 1.54) is 12.1 Å². The lowest BCUT2D eigenvalue weighted by Gasteiger charge is -2.26. The highest BCUT2D eigenvalue weighted by Gasteiger charge is 2.36. The van der Waals surface area contributed by atoms with Crippen LogP contribution in [0.4, 0.5) is 10.4 Å². The Labute approximate surface area is 109 Å². The van der Waals surface area contributed by atoms with Gasteiger partial charge in [0.25, 0.3) is 6.01 Å². The van der Waals surface area contributed by atoms with Crippen LogP contribution in [0.2, 0.25) is 0 Å². The van der Waals surface area contributed by atoms with Gasteiger partial charge >= 0.3 is 0 Å². The van der Waals surface area contributed by atoms with Crippen LogP contribution < -0.4 is 5.32 Å². The predicted molar refractivity (Wildman–Crippen MR) is 67.6 cm³/mol. The Hall–Kier alpha value is -1.66. The highest BCUT2D eigenvalue weighted by Crippen LogP contribution is 2.27. The molecule has 1 unspecified atom stereocenters. The Bertz CT molecular complexity index is 578. The van der Waals surface area contributed by atoms with Gasteiger partial charge in [-0.3, -0.25) is 0 Å². The summed E-state index contributed by atoms with van der Waals surface area (Å²) in [5, 5.41) is 3.21. The van der Waals surface area contributed by atoms with Crippen molar-refractivity contribution in [1.29, 1.82) is 0 Å². The van der Waals surface area contributed by atoms with Crippen LogP contribution in [0.15, 0.2) is 22.6 Å². The number of benzene rings is 1. The zero-order chi connectivity index (χ0) is 13.3. The van der Waals surface area contributed by atoms with Crippen LogP contribution in [-0.4, -0.2) is 37.5 Å². The summed E-state index contributed by atoms with van der Waals surface area (Å²) >= 11 is 0. The largest absolute Gasteiger partial charge is 0.423 e. The first-order valence-electron chi connectivity index (χ1n) is 6.12. The van der Waals surface area contributed by atoms with Crippen LogP contribution in [0.5, 0.6) is 0 Å². The van der Waals surface area contributed by atoms with Gasteiger partial charge in [-0.05, 0) is 18.6 Å².